The van der Waals surface area contributed by atoms with Crippen molar-refractivity contribution in [3.63, 3.8) is 0 Å². The molecule has 1 amide bonds. The van der Waals surface area contributed by atoms with E-state index in [0.717, 1.165) is 49.0 Å². The Labute approximate surface area is 208 Å². The molecule has 1 aromatic rings. The molecule has 5 aliphatic rings. The van der Waals surface area contributed by atoms with E-state index in [4.69, 9.17) is 0 Å². The van der Waals surface area contributed by atoms with Gasteiger partial charge < -0.3 is 9.80 Å². The van der Waals surface area contributed by atoms with Crippen molar-refractivity contribution in [3.05, 3.63) is 34.0 Å². The second-order valence-electron chi connectivity index (χ2n) is 12.5. The highest BCUT2D eigenvalue weighted by atomic mass is 32.1. The summed E-state index contributed by atoms with van der Waals surface area (Å²) in [6, 6.07) is 4.48. The molecule has 1 aromatic heterocycles. The highest BCUT2D eigenvalue weighted by molar-refractivity contribution is 7.13. The summed E-state index contributed by atoms with van der Waals surface area (Å²) in [4.78, 5) is 30.6. The molecule has 6 rings (SSSR count). The molecule has 0 bridgehead atoms. The van der Waals surface area contributed by atoms with Gasteiger partial charge in [0.1, 0.15) is 0 Å². The number of likely N-dealkylation sites (N-methyl/N-ethyl adjacent to an activating group) is 1. The lowest BCUT2D eigenvalue weighted by Gasteiger charge is -2.58. The van der Waals surface area contributed by atoms with Crippen molar-refractivity contribution in [2.75, 3.05) is 20.6 Å². The van der Waals surface area contributed by atoms with E-state index in [1.165, 1.54) is 50.0 Å². The van der Waals surface area contributed by atoms with Crippen molar-refractivity contribution in [2.45, 2.75) is 77.3 Å². The lowest BCUT2D eigenvalue weighted by atomic mass is 9.47. The molecule has 184 valence electrons. The quantitative estimate of drug-likeness (QED) is 0.319. The number of thiophene rings is 1. The van der Waals surface area contributed by atoms with Crippen LogP contribution in [-0.4, -0.2) is 54.2 Å². The van der Waals surface area contributed by atoms with Crippen molar-refractivity contribution in [3.8, 4) is 0 Å². The molecule has 4 aliphatic carbocycles. The standard InChI is InChI=1S/C29H40N2O2S/c1-18-22-9-10-24-21-8-7-19-16-20(31(4)27(33)26(32)25-6-5-15-34-25)11-13-28(19,2)23(21)12-14-29(22,24)17-30(18)3/h5-7,15,18,20-24H,8-14,16-17H2,1-4H3/t18-,20-,21+,22+,23?,24-,28-,29-/m0/s1. The van der Waals surface area contributed by atoms with Gasteiger partial charge in [0.25, 0.3) is 11.7 Å². The van der Waals surface area contributed by atoms with E-state index in [-0.39, 0.29) is 23.1 Å². The third kappa shape index (κ3) is 3.11. The first kappa shape index (κ1) is 23.0. The normalized spacial score (nSPS) is 43.4. The minimum atomic E-state index is -0.354. The monoisotopic (exact) mass is 480 g/mol. The van der Waals surface area contributed by atoms with Gasteiger partial charge in [0.05, 0.1) is 4.88 Å². The predicted octanol–water partition coefficient (Wildman–Crippen LogP) is 5.65. The van der Waals surface area contributed by atoms with E-state index in [1.54, 1.807) is 16.5 Å². The molecule has 1 unspecified atom stereocenters. The lowest BCUT2D eigenvalue weighted by Crippen LogP contribution is -2.53. The van der Waals surface area contributed by atoms with Gasteiger partial charge in [-0.1, -0.05) is 24.6 Å². The van der Waals surface area contributed by atoms with Crippen LogP contribution in [0.3, 0.4) is 0 Å². The zero-order chi connectivity index (χ0) is 23.8. The van der Waals surface area contributed by atoms with Crippen LogP contribution in [0.1, 0.15) is 74.9 Å². The molecule has 0 N–H and O–H groups in total. The Balaban J connectivity index is 1.20. The largest absolute Gasteiger partial charge is 0.336 e. The van der Waals surface area contributed by atoms with E-state index < -0.39 is 0 Å². The predicted molar refractivity (Wildman–Crippen MR) is 137 cm³/mol. The first-order valence-corrected chi connectivity index (χ1v) is 14.4. The van der Waals surface area contributed by atoms with Gasteiger partial charge in [-0.25, -0.2) is 0 Å². The summed E-state index contributed by atoms with van der Waals surface area (Å²) in [5, 5.41) is 1.86. The number of nitrogens with zero attached hydrogens (tertiary/aromatic N) is 2. The van der Waals surface area contributed by atoms with Gasteiger partial charge in [0.2, 0.25) is 0 Å². The second kappa shape index (κ2) is 8.03. The zero-order valence-electron chi connectivity index (χ0n) is 21.3. The van der Waals surface area contributed by atoms with Gasteiger partial charge in [-0.2, -0.15) is 0 Å². The Morgan fingerprint density at radius 1 is 1.12 bits per heavy atom. The number of amides is 1. The molecule has 4 nitrogen and oxygen atoms in total. The number of fused-ring (bicyclic) bond motifs is 4. The molecule has 0 radical (unpaired) electrons. The summed E-state index contributed by atoms with van der Waals surface area (Å²) in [5.41, 5.74) is 2.43. The number of hydrogen-bond donors (Lipinski definition) is 0. The topological polar surface area (TPSA) is 40.6 Å². The summed E-state index contributed by atoms with van der Waals surface area (Å²) in [6.45, 7) is 6.32. The fraction of sp³-hybridized carbons (Fsp3) is 0.724. The third-order valence-corrected chi connectivity index (χ3v) is 12.4. The molecule has 1 saturated heterocycles. The Bertz CT molecular complexity index is 1020. The second-order valence-corrected chi connectivity index (χ2v) is 13.4. The van der Waals surface area contributed by atoms with Crippen LogP contribution in [0.4, 0.5) is 0 Å². The van der Waals surface area contributed by atoms with Crippen molar-refractivity contribution >= 4 is 23.0 Å². The average molecular weight is 481 g/mol. The number of carbonyl (C=O) groups is 2. The van der Waals surface area contributed by atoms with Crippen molar-refractivity contribution < 1.29 is 9.59 Å². The highest BCUT2D eigenvalue weighted by Crippen LogP contribution is 2.68. The fourth-order valence-corrected chi connectivity index (χ4v) is 10.3. The maximum atomic E-state index is 13.0. The summed E-state index contributed by atoms with van der Waals surface area (Å²) >= 11 is 1.36. The van der Waals surface area contributed by atoms with E-state index >= 15 is 0 Å². The molecule has 1 spiro atoms. The number of hydrogen-bond acceptors (Lipinski definition) is 4. The van der Waals surface area contributed by atoms with Crippen molar-refractivity contribution in [1.29, 1.82) is 0 Å². The van der Waals surface area contributed by atoms with Crippen LogP contribution < -0.4 is 0 Å². The van der Waals surface area contributed by atoms with E-state index in [1.807, 2.05) is 18.5 Å². The van der Waals surface area contributed by atoms with Crippen LogP contribution in [0.15, 0.2) is 29.2 Å². The van der Waals surface area contributed by atoms with Crippen LogP contribution in [0.25, 0.3) is 0 Å². The molecule has 2 heterocycles. The van der Waals surface area contributed by atoms with E-state index in [2.05, 4.69) is 31.9 Å². The smallest absolute Gasteiger partial charge is 0.295 e. The van der Waals surface area contributed by atoms with Gasteiger partial charge in [0.15, 0.2) is 0 Å². The number of rotatable bonds is 3. The number of carbonyl (C=O) groups excluding carboxylic acids is 2. The molecule has 8 atom stereocenters. The SMILES string of the molecule is C[C@H]1[C@H]2CC[C@H]3[C@@H]4CC=C5C[C@@H](N(C)C(=O)C(=O)c6cccs6)CC[C@]5(C)C4CC[C@]23CN1C. The fourth-order valence-electron chi connectivity index (χ4n) is 9.61. The zero-order valence-corrected chi connectivity index (χ0v) is 22.1. The molecule has 4 fully saturated rings. The highest BCUT2D eigenvalue weighted by Gasteiger charge is 2.64. The van der Waals surface area contributed by atoms with Crippen LogP contribution >= 0.6 is 11.3 Å². The third-order valence-electron chi connectivity index (χ3n) is 11.5. The Morgan fingerprint density at radius 2 is 1.91 bits per heavy atom. The molecule has 3 saturated carbocycles. The maximum Gasteiger partial charge on any atom is 0.295 e. The average Bonchev–Trinajstić information content (AvgIpc) is 3.54. The first-order valence-electron chi connectivity index (χ1n) is 13.5. The van der Waals surface area contributed by atoms with Crippen LogP contribution in [-0.2, 0) is 4.79 Å². The van der Waals surface area contributed by atoms with Crippen LogP contribution in [0.2, 0.25) is 0 Å². The van der Waals surface area contributed by atoms with Gasteiger partial charge >= 0.3 is 0 Å². The molecular formula is C29H40N2O2S. The summed E-state index contributed by atoms with van der Waals surface area (Å²) in [5.74, 6) is 2.72. The molecule has 1 aliphatic heterocycles. The number of likely N-dealkylation sites (tertiary alicyclic amines) is 1. The van der Waals surface area contributed by atoms with Gasteiger partial charge in [-0.15, -0.1) is 11.3 Å². The van der Waals surface area contributed by atoms with Crippen molar-refractivity contribution in [2.24, 2.45) is 34.5 Å². The van der Waals surface area contributed by atoms with Gasteiger partial charge in [0, 0.05) is 25.7 Å². The first-order chi connectivity index (χ1) is 16.3. The van der Waals surface area contributed by atoms with Crippen LogP contribution in [0.5, 0.6) is 0 Å². The number of Topliss-reactive ketones (excluding diaryl/α,β-unsaturated/α-hetero) is 1. The van der Waals surface area contributed by atoms with Crippen molar-refractivity contribution in [1.82, 2.24) is 9.80 Å². The Morgan fingerprint density at radius 3 is 2.68 bits per heavy atom. The molecule has 5 heteroatoms. The number of allylic oxidation sites excluding steroid dienone is 1. The molecular weight excluding hydrogens is 440 g/mol. The minimum Gasteiger partial charge on any atom is -0.336 e. The van der Waals surface area contributed by atoms with E-state index in [0.29, 0.717) is 10.3 Å². The maximum absolute atomic E-state index is 13.0. The van der Waals surface area contributed by atoms with E-state index in [9.17, 15) is 9.59 Å². The van der Waals surface area contributed by atoms with Gasteiger partial charge in [-0.05, 0) is 111 Å². The number of ketones is 1. The summed E-state index contributed by atoms with van der Waals surface area (Å²) in [6.07, 6.45) is 12.6. The Hall–Kier alpha value is -1.46. The van der Waals surface area contributed by atoms with Gasteiger partial charge in [-0.3, -0.25) is 9.59 Å². The lowest BCUT2D eigenvalue weighted by molar-refractivity contribution is -0.128. The molecule has 34 heavy (non-hydrogen) atoms. The Kier molecular flexibility index (Phi) is 5.42. The summed E-state index contributed by atoms with van der Waals surface area (Å²) < 4.78 is 0. The van der Waals surface area contributed by atoms with Crippen LogP contribution in [0, 0.1) is 34.5 Å². The minimum absolute atomic E-state index is 0.141. The molecule has 0 aromatic carbocycles. The summed E-state index contributed by atoms with van der Waals surface area (Å²) in [7, 11) is 4.19.